The standard InChI is InChI=1S/C16H19N5O2/c1-2-20-9-10-21-11-13(19-14(21)16(20)23)15(22)18-8-5-12-3-6-17-7-4-12/h3-4,6-7,11H,2,5,8-10H2,1H3,(H,18,22). The molecule has 23 heavy (non-hydrogen) atoms. The zero-order valence-corrected chi connectivity index (χ0v) is 13.0. The van der Waals surface area contributed by atoms with Crippen LogP contribution in [0.5, 0.6) is 0 Å². The minimum absolute atomic E-state index is 0.116. The number of aromatic nitrogens is 3. The van der Waals surface area contributed by atoms with Crippen LogP contribution in [0.25, 0.3) is 0 Å². The summed E-state index contributed by atoms with van der Waals surface area (Å²) < 4.78 is 1.76. The van der Waals surface area contributed by atoms with E-state index in [0.717, 1.165) is 12.0 Å². The van der Waals surface area contributed by atoms with E-state index in [-0.39, 0.29) is 11.8 Å². The lowest BCUT2D eigenvalue weighted by Gasteiger charge is -2.25. The third-order valence-electron chi connectivity index (χ3n) is 3.93. The summed E-state index contributed by atoms with van der Waals surface area (Å²) in [7, 11) is 0. The van der Waals surface area contributed by atoms with Crippen LogP contribution in [0.4, 0.5) is 0 Å². The summed E-state index contributed by atoms with van der Waals surface area (Å²) in [6.07, 6.45) is 5.84. The van der Waals surface area contributed by atoms with E-state index in [0.29, 0.717) is 37.7 Å². The zero-order valence-electron chi connectivity index (χ0n) is 13.0. The second-order valence-corrected chi connectivity index (χ2v) is 5.39. The van der Waals surface area contributed by atoms with Gasteiger partial charge >= 0.3 is 0 Å². The third-order valence-corrected chi connectivity index (χ3v) is 3.93. The van der Waals surface area contributed by atoms with Crippen LogP contribution >= 0.6 is 0 Å². The summed E-state index contributed by atoms with van der Waals surface area (Å²) in [4.78, 5) is 34.3. The molecule has 7 nitrogen and oxygen atoms in total. The summed E-state index contributed by atoms with van der Waals surface area (Å²) in [5.74, 6) is -0.0243. The number of likely N-dealkylation sites (N-methyl/N-ethyl adjacent to an activating group) is 1. The second kappa shape index (κ2) is 6.60. The highest BCUT2D eigenvalue weighted by molar-refractivity contribution is 5.96. The van der Waals surface area contributed by atoms with Gasteiger partial charge in [-0.15, -0.1) is 0 Å². The number of nitrogens with one attached hydrogen (secondary N) is 1. The van der Waals surface area contributed by atoms with E-state index in [9.17, 15) is 9.59 Å². The number of pyridine rings is 1. The average Bonchev–Trinajstić information content (AvgIpc) is 3.01. The molecule has 0 unspecified atom stereocenters. The van der Waals surface area contributed by atoms with E-state index in [1.165, 1.54) is 0 Å². The molecule has 3 heterocycles. The van der Waals surface area contributed by atoms with Gasteiger partial charge in [0.05, 0.1) is 0 Å². The van der Waals surface area contributed by atoms with Gasteiger partial charge in [-0.3, -0.25) is 14.6 Å². The van der Waals surface area contributed by atoms with Gasteiger partial charge in [0.15, 0.2) is 5.82 Å². The molecule has 0 bridgehead atoms. The van der Waals surface area contributed by atoms with Crippen molar-refractivity contribution in [1.29, 1.82) is 0 Å². The second-order valence-electron chi connectivity index (χ2n) is 5.39. The fourth-order valence-electron chi connectivity index (χ4n) is 2.60. The van der Waals surface area contributed by atoms with Gasteiger partial charge in [-0.1, -0.05) is 0 Å². The van der Waals surface area contributed by atoms with Crippen LogP contribution in [0.15, 0.2) is 30.7 Å². The molecule has 0 aliphatic carbocycles. The minimum Gasteiger partial charge on any atom is -0.350 e. The Morgan fingerprint density at radius 1 is 1.30 bits per heavy atom. The number of fused-ring (bicyclic) bond motifs is 1. The zero-order chi connectivity index (χ0) is 16.2. The van der Waals surface area contributed by atoms with Crippen molar-refractivity contribution >= 4 is 11.8 Å². The summed E-state index contributed by atoms with van der Waals surface area (Å²) in [6.45, 7) is 4.43. The van der Waals surface area contributed by atoms with E-state index in [4.69, 9.17) is 0 Å². The van der Waals surface area contributed by atoms with Crippen LogP contribution in [0.3, 0.4) is 0 Å². The summed E-state index contributed by atoms with van der Waals surface area (Å²) in [6, 6.07) is 3.83. The average molecular weight is 313 g/mol. The number of nitrogens with zero attached hydrogens (tertiary/aromatic N) is 4. The molecule has 2 amide bonds. The Balaban J connectivity index is 1.62. The topological polar surface area (TPSA) is 80.1 Å². The number of amides is 2. The van der Waals surface area contributed by atoms with Crippen molar-refractivity contribution in [3.05, 3.63) is 47.8 Å². The van der Waals surface area contributed by atoms with Gasteiger partial charge in [-0.25, -0.2) is 4.98 Å². The lowest BCUT2D eigenvalue weighted by Crippen LogP contribution is -2.40. The Hall–Kier alpha value is -2.70. The van der Waals surface area contributed by atoms with Crippen molar-refractivity contribution < 1.29 is 9.59 Å². The minimum atomic E-state index is -0.253. The van der Waals surface area contributed by atoms with Gasteiger partial charge in [0.1, 0.15) is 5.69 Å². The Bertz CT molecular complexity index is 711. The lowest BCUT2D eigenvalue weighted by molar-refractivity contribution is 0.0707. The highest BCUT2D eigenvalue weighted by Crippen LogP contribution is 2.12. The molecule has 0 radical (unpaired) electrons. The van der Waals surface area contributed by atoms with Crippen LogP contribution in [0, 0.1) is 0 Å². The van der Waals surface area contributed by atoms with Crippen LogP contribution < -0.4 is 5.32 Å². The molecule has 7 heteroatoms. The molecular weight excluding hydrogens is 294 g/mol. The fraction of sp³-hybridized carbons (Fsp3) is 0.375. The Morgan fingerprint density at radius 2 is 2.09 bits per heavy atom. The van der Waals surface area contributed by atoms with Crippen LogP contribution in [0.1, 0.15) is 33.6 Å². The maximum Gasteiger partial charge on any atom is 0.289 e. The summed E-state index contributed by atoms with van der Waals surface area (Å²) in [5.41, 5.74) is 1.40. The number of carbonyl (C=O) groups is 2. The van der Waals surface area contributed by atoms with Crippen molar-refractivity contribution in [3.63, 3.8) is 0 Å². The van der Waals surface area contributed by atoms with E-state index < -0.39 is 0 Å². The first-order valence-corrected chi connectivity index (χ1v) is 7.72. The molecule has 0 aromatic carbocycles. The molecule has 3 rings (SSSR count). The quantitative estimate of drug-likeness (QED) is 0.882. The summed E-state index contributed by atoms with van der Waals surface area (Å²) >= 11 is 0. The molecule has 1 aliphatic rings. The monoisotopic (exact) mass is 313 g/mol. The summed E-state index contributed by atoms with van der Waals surface area (Å²) in [5, 5.41) is 2.84. The van der Waals surface area contributed by atoms with E-state index >= 15 is 0 Å². The molecule has 0 saturated heterocycles. The van der Waals surface area contributed by atoms with Crippen molar-refractivity contribution in [1.82, 2.24) is 24.8 Å². The molecule has 1 aliphatic heterocycles. The number of hydrogen-bond donors (Lipinski definition) is 1. The van der Waals surface area contributed by atoms with Crippen molar-refractivity contribution in [2.24, 2.45) is 0 Å². The normalized spacial score (nSPS) is 13.8. The van der Waals surface area contributed by atoms with Gasteiger partial charge in [-0.05, 0) is 31.0 Å². The number of carbonyl (C=O) groups excluding carboxylic acids is 2. The molecule has 0 fully saturated rings. The Morgan fingerprint density at radius 3 is 2.83 bits per heavy atom. The molecule has 2 aromatic rings. The van der Waals surface area contributed by atoms with E-state index in [1.807, 2.05) is 19.1 Å². The Kier molecular flexibility index (Phi) is 4.36. The molecule has 0 spiro atoms. The van der Waals surface area contributed by atoms with E-state index in [1.54, 1.807) is 28.1 Å². The maximum atomic E-state index is 12.2. The molecule has 1 N–H and O–H groups in total. The first kappa shape index (κ1) is 15.2. The van der Waals surface area contributed by atoms with Crippen LogP contribution in [0.2, 0.25) is 0 Å². The van der Waals surface area contributed by atoms with Gasteiger partial charge in [0, 0.05) is 44.8 Å². The molecule has 0 atom stereocenters. The number of rotatable bonds is 5. The number of imidazole rings is 1. The van der Waals surface area contributed by atoms with Gasteiger partial charge < -0.3 is 14.8 Å². The largest absolute Gasteiger partial charge is 0.350 e. The van der Waals surface area contributed by atoms with Crippen molar-refractivity contribution in [3.8, 4) is 0 Å². The van der Waals surface area contributed by atoms with Gasteiger partial charge in [0.25, 0.3) is 11.8 Å². The predicted octanol–water partition coefficient (Wildman–Crippen LogP) is 0.726. The highest BCUT2D eigenvalue weighted by atomic mass is 16.2. The molecule has 0 saturated carbocycles. The first-order valence-electron chi connectivity index (χ1n) is 7.72. The molecular formula is C16H19N5O2. The van der Waals surface area contributed by atoms with Crippen LogP contribution in [-0.2, 0) is 13.0 Å². The Labute approximate surface area is 134 Å². The van der Waals surface area contributed by atoms with Crippen LogP contribution in [-0.4, -0.2) is 50.9 Å². The number of hydrogen-bond acceptors (Lipinski definition) is 4. The van der Waals surface area contributed by atoms with Crippen molar-refractivity contribution in [2.45, 2.75) is 19.9 Å². The third kappa shape index (κ3) is 3.23. The molecule has 2 aromatic heterocycles. The highest BCUT2D eigenvalue weighted by Gasteiger charge is 2.27. The van der Waals surface area contributed by atoms with Gasteiger partial charge in [0.2, 0.25) is 0 Å². The molecule has 120 valence electrons. The predicted molar refractivity (Wildman–Crippen MR) is 84.1 cm³/mol. The fourth-order valence-corrected chi connectivity index (χ4v) is 2.60. The maximum absolute atomic E-state index is 12.2. The lowest BCUT2D eigenvalue weighted by atomic mass is 10.2. The first-order chi connectivity index (χ1) is 11.2. The van der Waals surface area contributed by atoms with E-state index in [2.05, 4.69) is 15.3 Å². The van der Waals surface area contributed by atoms with Crippen molar-refractivity contribution in [2.75, 3.05) is 19.6 Å². The SMILES string of the molecule is CCN1CCn2cc(C(=O)NCCc3ccncc3)nc2C1=O. The van der Waals surface area contributed by atoms with Gasteiger partial charge in [-0.2, -0.15) is 0 Å². The smallest absolute Gasteiger partial charge is 0.289 e.